The third-order valence-electron chi connectivity index (χ3n) is 11.0. The molecule has 0 amide bonds. The number of imidazole rings is 4. The van der Waals surface area contributed by atoms with Gasteiger partial charge in [-0.05, 0) is 72.8 Å². The SMILES string of the molecule is c1ccc2c(c1)nc1n(-c3ccc4c5cccc6c7ccc(-n8c9ccccc9n9c%10ccccc%10nc89)cc7n(c4c3)c56)c3ccccc3n21. The fourth-order valence-electron chi connectivity index (χ4n) is 8.94. The number of nitrogens with zero attached hydrogens (tertiary/aromatic N) is 7. The van der Waals surface area contributed by atoms with Crippen LogP contribution in [-0.2, 0) is 0 Å². The molecule has 7 heteroatoms. The van der Waals surface area contributed by atoms with Crippen LogP contribution < -0.4 is 0 Å². The summed E-state index contributed by atoms with van der Waals surface area (Å²) < 4.78 is 11.6. The summed E-state index contributed by atoms with van der Waals surface area (Å²) in [5, 5.41) is 4.99. The number of hydrogen-bond acceptors (Lipinski definition) is 2. The molecule has 0 atom stereocenters. The smallest absolute Gasteiger partial charge is 0.220 e. The Morgan fingerprint density at radius 1 is 0.314 bits per heavy atom. The summed E-state index contributed by atoms with van der Waals surface area (Å²) in [4.78, 5) is 10.3. The number of para-hydroxylation sites is 9. The summed E-state index contributed by atoms with van der Waals surface area (Å²) in [6.07, 6.45) is 0. The van der Waals surface area contributed by atoms with Crippen LogP contribution in [0.3, 0.4) is 0 Å². The van der Waals surface area contributed by atoms with Gasteiger partial charge in [-0.15, -0.1) is 0 Å². The fraction of sp³-hybridized carbons (Fsp3) is 0. The first-order chi connectivity index (χ1) is 25.3. The van der Waals surface area contributed by atoms with Crippen LogP contribution in [0.4, 0.5) is 0 Å². The number of benzene rings is 7. The minimum Gasteiger partial charge on any atom is -0.308 e. The number of rotatable bonds is 2. The molecule has 0 fully saturated rings. The average molecular weight is 652 g/mol. The van der Waals surface area contributed by atoms with E-state index in [-0.39, 0.29) is 0 Å². The molecular weight excluding hydrogens is 627 g/mol. The molecule has 0 aliphatic heterocycles. The maximum atomic E-state index is 5.15. The van der Waals surface area contributed by atoms with E-state index >= 15 is 0 Å². The lowest BCUT2D eigenvalue weighted by Gasteiger charge is -2.08. The van der Waals surface area contributed by atoms with Crippen molar-refractivity contribution in [2.24, 2.45) is 0 Å². The zero-order valence-corrected chi connectivity index (χ0v) is 27.1. The van der Waals surface area contributed by atoms with Gasteiger partial charge in [0.2, 0.25) is 11.6 Å². The average Bonchev–Trinajstić information content (AvgIpc) is 4.00. The van der Waals surface area contributed by atoms with E-state index in [1.165, 1.54) is 38.1 Å². The van der Waals surface area contributed by atoms with E-state index in [0.717, 1.165) is 67.1 Å². The second kappa shape index (κ2) is 8.91. The molecule has 0 aliphatic rings. The van der Waals surface area contributed by atoms with Gasteiger partial charge in [-0.3, -0.25) is 17.9 Å². The van der Waals surface area contributed by atoms with Gasteiger partial charge in [-0.1, -0.05) is 78.9 Å². The summed E-state index contributed by atoms with van der Waals surface area (Å²) in [6.45, 7) is 0. The molecule has 236 valence electrons. The summed E-state index contributed by atoms with van der Waals surface area (Å²) in [5.41, 5.74) is 14.5. The van der Waals surface area contributed by atoms with Crippen LogP contribution in [-0.4, -0.2) is 32.3 Å². The Morgan fingerprint density at radius 3 is 1.24 bits per heavy atom. The van der Waals surface area contributed by atoms with Crippen LogP contribution in [0.15, 0.2) is 152 Å². The van der Waals surface area contributed by atoms with Gasteiger partial charge >= 0.3 is 0 Å². The van der Waals surface area contributed by atoms with E-state index in [9.17, 15) is 0 Å². The highest BCUT2D eigenvalue weighted by Gasteiger charge is 2.22. The second-order valence-electron chi connectivity index (χ2n) is 13.6. The van der Waals surface area contributed by atoms with Gasteiger partial charge in [0.05, 0.1) is 72.1 Å². The summed E-state index contributed by atoms with van der Waals surface area (Å²) in [7, 11) is 0. The topological polar surface area (TPSA) is 48.9 Å². The van der Waals surface area contributed by atoms with E-state index in [1.54, 1.807) is 0 Å². The normalized spacial score (nSPS) is 12.7. The number of hydrogen-bond donors (Lipinski definition) is 0. The van der Waals surface area contributed by atoms with Gasteiger partial charge < -0.3 is 4.40 Å². The third-order valence-corrected chi connectivity index (χ3v) is 11.0. The number of aromatic nitrogens is 7. The van der Waals surface area contributed by atoms with Crippen LogP contribution >= 0.6 is 0 Å². The van der Waals surface area contributed by atoms with Crippen molar-refractivity contribution in [3.8, 4) is 11.4 Å². The third kappa shape index (κ3) is 3.07. The molecule has 0 radical (unpaired) electrons. The fourth-order valence-corrected chi connectivity index (χ4v) is 8.94. The molecule has 0 spiro atoms. The lowest BCUT2D eigenvalue weighted by molar-refractivity contribution is 1.11. The Kier molecular flexibility index (Phi) is 4.51. The highest BCUT2D eigenvalue weighted by molar-refractivity contribution is 6.23. The molecule has 7 aromatic carbocycles. The summed E-state index contributed by atoms with van der Waals surface area (Å²) >= 11 is 0. The molecule has 0 unspecified atom stereocenters. The highest BCUT2D eigenvalue weighted by atomic mass is 15.2. The molecule has 51 heavy (non-hydrogen) atoms. The maximum absolute atomic E-state index is 5.15. The summed E-state index contributed by atoms with van der Waals surface area (Å²) in [6, 6.07) is 54.4. The predicted octanol–water partition coefficient (Wildman–Crippen LogP) is 10.3. The van der Waals surface area contributed by atoms with Gasteiger partial charge in [-0.2, -0.15) is 0 Å². The maximum Gasteiger partial charge on any atom is 0.220 e. The molecule has 6 heterocycles. The van der Waals surface area contributed by atoms with Gasteiger partial charge in [0.15, 0.2) is 0 Å². The van der Waals surface area contributed by atoms with Gasteiger partial charge in [0, 0.05) is 21.5 Å². The van der Waals surface area contributed by atoms with Crippen LogP contribution in [0.1, 0.15) is 0 Å². The van der Waals surface area contributed by atoms with Crippen molar-refractivity contribution in [1.82, 2.24) is 32.3 Å². The molecule has 6 aromatic heterocycles. The van der Waals surface area contributed by atoms with E-state index in [2.05, 4.69) is 174 Å². The second-order valence-corrected chi connectivity index (χ2v) is 13.6. The molecule has 0 saturated carbocycles. The van der Waals surface area contributed by atoms with Gasteiger partial charge in [0.25, 0.3) is 0 Å². The molecule has 0 bridgehead atoms. The minimum atomic E-state index is 0.910. The molecular formula is C44H25N7. The first kappa shape index (κ1) is 25.8. The van der Waals surface area contributed by atoms with Crippen LogP contribution in [0.5, 0.6) is 0 Å². The Balaban J connectivity index is 1.14. The van der Waals surface area contributed by atoms with Crippen molar-refractivity contribution < 1.29 is 0 Å². The zero-order chi connectivity index (χ0) is 32.9. The van der Waals surface area contributed by atoms with Crippen LogP contribution in [0.2, 0.25) is 0 Å². The lowest BCUT2D eigenvalue weighted by Crippen LogP contribution is -1.96. The quantitative estimate of drug-likeness (QED) is 0.187. The predicted molar refractivity (Wildman–Crippen MR) is 207 cm³/mol. The zero-order valence-electron chi connectivity index (χ0n) is 27.1. The standard InChI is InChI=1S/C44H25N7/c1-3-14-34-32(12-1)45-43-47(36-16-5-7-18-38(36)50(34)43)26-20-22-28-30-10-9-11-31-29-23-21-27(25-41(29)49(42(30)31)40(28)24-26)48-37-17-6-8-19-39(37)51-35-15-4-2-13-33(35)46-44(48)51/h1-25H. The van der Waals surface area contributed by atoms with Crippen molar-refractivity contribution in [3.63, 3.8) is 0 Å². The Labute approximate surface area is 288 Å². The largest absolute Gasteiger partial charge is 0.308 e. The highest BCUT2D eigenvalue weighted by Crippen LogP contribution is 2.41. The Morgan fingerprint density at radius 2 is 0.745 bits per heavy atom. The lowest BCUT2D eigenvalue weighted by atomic mass is 10.1. The van der Waals surface area contributed by atoms with Gasteiger partial charge in [-0.25, -0.2) is 9.97 Å². The Bertz CT molecular complexity index is 3370. The molecule has 13 rings (SSSR count). The number of fused-ring (bicyclic) bond motifs is 16. The first-order valence-corrected chi connectivity index (χ1v) is 17.3. The molecule has 0 N–H and O–H groups in total. The molecule has 7 nitrogen and oxygen atoms in total. The van der Waals surface area contributed by atoms with E-state index < -0.39 is 0 Å². The Hall–Kier alpha value is -7.12. The molecule has 0 aliphatic carbocycles. The minimum absolute atomic E-state index is 0.910. The van der Waals surface area contributed by atoms with Crippen molar-refractivity contribution in [3.05, 3.63) is 152 Å². The van der Waals surface area contributed by atoms with E-state index in [4.69, 9.17) is 9.97 Å². The van der Waals surface area contributed by atoms with Crippen molar-refractivity contribution in [1.29, 1.82) is 0 Å². The van der Waals surface area contributed by atoms with Gasteiger partial charge in [0.1, 0.15) is 0 Å². The van der Waals surface area contributed by atoms with Crippen LogP contribution in [0.25, 0.3) is 105 Å². The van der Waals surface area contributed by atoms with E-state index in [1.807, 2.05) is 0 Å². The molecule has 13 aromatic rings. The summed E-state index contributed by atoms with van der Waals surface area (Å²) in [5.74, 6) is 1.82. The van der Waals surface area contributed by atoms with Crippen molar-refractivity contribution in [2.75, 3.05) is 0 Å². The first-order valence-electron chi connectivity index (χ1n) is 17.3. The molecule has 0 saturated heterocycles. The van der Waals surface area contributed by atoms with Crippen molar-refractivity contribution >= 4 is 93.8 Å². The van der Waals surface area contributed by atoms with Crippen LogP contribution in [0, 0.1) is 0 Å². The monoisotopic (exact) mass is 651 g/mol. The van der Waals surface area contributed by atoms with Crippen molar-refractivity contribution in [2.45, 2.75) is 0 Å². The van der Waals surface area contributed by atoms with E-state index in [0.29, 0.717) is 0 Å².